The largest absolute Gasteiger partial charge is 0.373 e. The van der Waals surface area contributed by atoms with E-state index in [0.717, 1.165) is 18.8 Å². The molecule has 0 aromatic heterocycles. The Hall–Kier alpha value is -1.33. The highest BCUT2D eigenvalue weighted by atomic mass is 35.5. The minimum Gasteiger partial charge on any atom is -0.373 e. The molecule has 0 amide bonds. The molecule has 1 aromatic carbocycles. The summed E-state index contributed by atoms with van der Waals surface area (Å²) in [5.41, 5.74) is 1.57. The normalized spacial score (nSPS) is 10.7. The molecule has 0 saturated heterocycles. The third kappa shape index (κ3) is 3.85. The number of nitrogens with zero attached hydrogens (tertiary/aromatic N) is 3. The highest BCUT2D eigenvalue weighted by Crippen LogP contribution is 2.25. The highest BCUT2D eigenvalue weighted by molar-refractivity contribution is 6.17. The van der Waals surface area contributed by atoms with Crippen molar-refractivity contribution in [2.75, 3.05) is 39.1 Å². The van der Waals surface area contributed by atoms with E-state index in [4.69, 9.17) is 11.6 Å². The first kappa shape index (κ1) is 14.7. The molecular weight excluding hydrogens is 254 g/mol. The second-order valence-electron chi connectivity index (χ2n) is 4.43. The quantitative estimate of drug-likeness (QED) is 0.453. The van der Waals surface area contributed by atoms with Crippen molar-refractivity contribution in [1.82, 2.24) is 4.90 Å². The number of rotatable bonds is 6. The molecule has 0 N–H and O–H groups in total. The molecule has 0 spiro atoms. The maximum Gasteiger partial charge on any atom is 0.273 e. The summed E-state index contributed by atoms with van der Waals surface area (Å²) >= 11 is 5.75. The predicted octanol–water partition coefficient (Wildman–Crippen LogP) is 2.33. The second-order valence-corrected chi connectivity index (χ2v) is 4.70. The first-order chi connectivity index (χ1) is 8.45. The zero-order valence-corrected chi connectivity index (χ0v) is 11.6. The van der Waals surface area contributed by atoms with E-state index >= 15 is 0 Å². The van der Waals surface area contributed by atoms with Crippen LogP contribution in [0.3, 0.4) is 0 Å². The lowest BCUT2D eigenvalue weighted by Gasteiger charge is -2.22. The van der Waals surface area contributed by atoms with Crippen molar-refractivity contribution in [2.24, 2.45) is 0 Å². The summed E-state index contributed by atoms with van der Waals surface area (Å²) in [4.78, 5) is 14.5. The average Bonchev–Trinajstić information content (AvgIpc) is 2.34. The lowest BCUT2D eigenvalue weighted by atomic mass is 10.1. The Morgan fingerprint density at radius 1 is 1.28 bits per heavy atom. The number of anilines is 1. The molecule has 0 fully saturated rings. The van der Waals surface area contributed by atoms with Crippen LogP contribution in [0.25, 0.3) is 0 Å². The van der Waals surface area contributed by atoms with E-state index in [0.29, 0.717) is 5.56 Å². The van der Waals surface area contributed by atoms with Gasteiger partial charge in [0.05, 0.1) is 10.8 Å². The van der Waals surface area contributed by atoms with Crippen molar-refractivity contribution >= 4 is 23.0 Å². The molecule has 0 aliphatic rings. The number of benzene rings is 1. The Labute approximate surface area is 112 Å². The van der Waals surface area contributed by atoms with Crippen LogP contribution < -0.4 is 4.90 Å². The molecule has 0 aliphatic heterocycles. The van der Waals surface area contributed by atoms with Gasteiger partial charge in [0, 0.05) is 37.5 Å². The van der Waals surface area contributed by atoms with E-state index in [1.807, 2.05) is 21.1 Å². The molecule has 0 saturated carbocycles. The van der Waals surface area contributed by atoms with Gasteiger partial charge < -0.3 is 9.80 Å². The first-order valence-electron chi connectivity index (χ1n) is 5.65. The van der Waals surface area contributed by atoms with E-state index in [2.05, 4.69) is 9.80 Å². The van der Waals surface area contributed by atoms with Crippen LogP contribution >= 0.6 is 11.6 Å². The maximum absolute atomic E-state index is 10.8. The van der Waals surface area contributed by atoms with Gasteiger partial charge in [-0.3, -0.25) is 10.1 Å². The number of nitro benzene ring substituents is 1. The Balaban J connectivity index is 2.87. The highest BCUT2D eigenvalue weighted by Gasteiger charge is 2.14. The third-order valence-electron chi connectivity index (χ3n) is 2.73. The van der Waals surface area contributed by atoms with Gasteiger partial charge in [-0.2, -0.15) is 0 Å². The van der Waals surface area contributed by atoms with Crippen LogP contribution in [0.2, 0.25) is 0 Å². The standard InChI is InChI=1S/C12H18ClN3O2/c1-14(2)6-7-15(3)11-4-5-12(16(17)18)10(8-11)9-13/h4-5,8H,6-7,9H2,1-3H3. The number of hydrogen-bond donors (Lipinski definition) is 0. The molecule has 5 nitrogen and oxygen atoms in total. The summed E-state index contributed by atoms with van der Waals surface area (Å²) in [7, 11) is 5.98. The van der Waals surface area contributed by atoms with Crippen LogP contribution in [0.15, 0.2) is 18.2 Å². The van der Waals surface area contributed by atoms with Crippen molar-refractivity contribution < 1.29 is 4.92 Å². The molecule has 100 valence electrons. The monoisotopic (exact) mass is 271 g/mol. The van der Waals surface area contributed by atoms with E-state index in [-0.39, 0.29) is 11.6 Å². The van der Waals surface area contributed by atoms with Crippen LogP contribution in [0.5, 0.6) is 0 Å². The number of likely N-dealkylation sites (N-methyl/N-ethyl adjacent to an activating group) is 2. The first-order valence-corrected chi connectivity index (χ1v) is 6.18. The van der Waals surface area contributed by atoms with Crippen LogP contribution in [0, 0.1) is 10.1 Å². The lowest BCUT2D eigenvalue weighted by molar-refractivity contribution is -0.385. The Morgan fingerprint density at radius 3 is 2.44 bits per heavy atom. The molecule has 0 heterocycles. The van der Waals surface area contributed by atoms with Gasteiger partial charge in [-0.1, -0.05) is 0 Å². The molecule has 1 rings (SSSR count). The van der Waals surface area contributed by atoms with E-state index < -0.39 is 4.92 Å². The average molecular weight is 272 g/mol. The van der Waals surface area contributed by atoms with Crippen LogP contribution in [-0.4, -0.2) is 44.1 Å². The number of hydrogen-bond acceptors (Lipinski definition) is 4. The van der Waals surface area contributed by atoms with Gasteiger partial charge in [0.15, 0.2) is 0 Å². The summed E-state index contributed by atoms with van der Waals surface area (Å²) in [6, 6.07) is 5.05. The smallest absolute Gasteiger partial charge is 0.273 e. The van der Waals surface area contributed by atoms with Crippen molar-refractivity contribution in [3.63, 3.8) is 0 Å². The summed E-state index contributed by atoms with van der Waals surface area (Å²) in [5, 5.41) is 10.8. The zero-order chi connectivity index (χ0) is 13.7. The fourth-order valence-corrected chi connectivity index (χ4v) is 1.79. The SMILES string of the molecule is CN(C)CCN(C)c1ccc([N+](=O)[O-])c(CCl)c1. The van der Waals surface area contributed by atoms with E-state index in [1.54, 1.807) is 12.1 Å². The fourth-order valence-electron chi connectivity index (χ4n) is 1.57. The number of halogens is 1. The van der Waals surface area contributed by atoms with E-state index in [1.165, 1.54) is 6.07 Å². The molecule has 6 heteroatoms. The van der Waals surface area contributed by atoms with Gasteiger partial charge in [0.25, 0.3) is 5.69 Å². The molecule has 18 heavy (non-hydrogen) atoms. The van der Waals surface area contributed by atoms with Gasteiger partial charge in [-0.05, 0) is 26.2 Å². The minimum atomic E-state index is -0.401. The minimum absolute atomic E-state index is 0.0785. The Bertz CT molecular complexity index is 424. The van der Waals surface area contributed by atoms with Crippen LogP contribution in [-0.2, 0) is 5.88 Å². The Morgan fingerprint density at radius 2 is 1.94 bits per heavy atom. The molecule has 0 atom stereocenters. The van der Waals surface area contributed by atoms with Gasteiger partial charge in [0.2, 0.25) is 0 Å². The van der Waals surface area contributed by atoms with Crippen LogP contribution in [0.4, 0.5) is 11.4 Å². The number of nitro groups is 1. The molecule has 0 radical (unpaired) electrons. The topological polar surface area (TPSA) is 49.6 Å². The van der Waals surface area contributed by atoms with Gasteiger partial charge in [-0.25, -0.2) is 0 Å². The molecule has 0 bridgehead atoms. The van der Waals surface area contributed by atoms with Crippen molar-refractivity contribution in [3.8, 4) is 0 Å². The molecule has 0 aliphatic carbocycles. The van der Waals surface area contributed by atoms with Crippen molar-refractivity contribution in [1.29, 1.82) is 0 Å². The number of alkyl halides is 1. The van der Waals surface area contributed by atoms with Crippen LogP contribution in [0.1, 0.15) is 5.56 Å². The van der Waals surface area contributed by atoms with Gasteiger partial charge >= 0.3 is 0 Å². The maximum atomic E-state index is 10.8. The second kappa shape index (κ2) is 6.56. The molecule has 0 unspecified atom stereocenters. The third-order valence-corrected chi connectivity index (χ3v) is 3.02. The fraction of sp³-hybridized carbons (Fsp3) is 0.500. The summed E-state index contributed by atoms with van der Waals surface area (Å²) in [6.07, 6.45) is 0. The summed E-state index contributed by atoms with van der Waals surface area (Å²) < 4.78 is 0. The lowest BCUT2D eigenvalue weighted by Crippen LogP contribution is -2.28. The van der Waals surface area contributed by atoms with E-state index in [9.17, 15) is 10.1 Å². The van der Waals surface area contributed by atoms with Gasteiger partial charge in [-0.15, -0.1) is 11.6 Å². The summed E-state index contributed by atoms with van der Waals surface area (Å²) in [5.74, 6) is 0.145. The summed E-state index contributed by atoms with van der Waals surface area (Å²) in [6.45, 7) is 1.77. The predicted molar refractivity (Wildman–Crippen MR) is 74.5 cm³/mol. The van der Waals surface area contributed by atoms with Gasteiger partial charge in [0.1, 0.15) is 0 Å². The van der Waals surface area contributed by atoms with Crippen molar-refractivity contribution in [3.05, 3.63) is 33.9 Å². The Kier molecular flexibility index (Phi) is 5.37. The molecular formula is C12H18ClN3O2. The molecule has 1 aromatic rings. The van der Waals surface area contributed by atoms with Crippen molar-refractivity contribution in [2.45, 2.75) is 5.88 Å². The zero-order valence-electron chi connectivity index (χ0n) is 10.9.